The molecule has 106 valence electrons. The maximum atomic E-state index is 11.8. The molecule has 0 aromatic heterocycles. The van der Waals surface area contributed by atoms with Gasteiger partial charge in [-0.15, -0.1) is 0 Å². The molecular weight excluding hydrogens is 280 g/mol. The van der Waals surface area contributed by atoms with E-state index in [9.17, 15) is 14.4 Å². The average molecular weight is 295 g/mol. The number of benzene rings is 1. The lowest BCUT2D eigenvalue weighted by molar-refractivity contribution is -0.138. The van der Waals surface area contributed by atoms with Gasteiger partial charge in [-0.25, -0.2) is 0 Å². The fraction of sp³-hybridized carbons (Fsp3) is 0.357. The molecule has 0 unspecified atom stereocenters. The number of rotatable bonds is 4. The largest absolute Gasteiger partial charge is 0.326 e. The van der Waals surface area contributed by atoms with E-state index >= 15 is 0 Å². The number of anilines is 1. The van der Waals surface area contributed by atoms with Crippen LogP contribution in [0.3, 0.4) is 0 Å². The highest BCUT2D eigenvalue weighted by Crippen LogP contribution is 2.20. The molecule has 0 aliphatic carbocycles. The third kappa shape index (κ3) is 3.36. The molecule has 3 amide bonds. The molecule has 2 rings (SSSR count). The number of carbonyl (C=O) groups is 3. The molecule has 1 fully saturated rings. The Morgan fingerprint density at radius 1 is 1.30 bits per heavy atom. The topological polar surface area (TPSA) is 66.5 Å². The first-order valence-corrected chi connectivity index (χ1v) is 6.74. The fourth-order valence-electron chi connectivity index (χ4n) is 2.03. The van der Waals surface area contributed by atoms with Crippen molar-refractivity contribution in [3.63, 3.8) is 0 Å². The number of likely N-dealkylation sites (tertiary alicyclic amines) is 1. The van der Waals surface area contributed by atoms with Gasteiger partial charge < -0.3 is 5.32 Å². The number of imide groups is 1. The van der Waals surface area contributed by atoms with Crippen molar-refractivity contribution in [1.82, 2.24) is 4.90 Å². The van der Waals surface area contributed by atoms with Crippen molar-refractivity contribution in [2.45, 2.75) is 26.2 Å². The zero-order valence-corrected chi connectivity index (χ0v) is 11.9. The van der Waals surface area contributed by atoms with Crippen LogP contribution in [0.15, 0.2) is 18.2 Å². The van der Waals surface area contributed by atoms with Crippen molar-refractivity contribution in [3.8, 4) is 0 Å². The summed E-state index contributed by atoms with van der Waals surface area (Å²) in [6.07, 6.45) is 0.575. The SMILES string of the molecule is Cc1ccc(Cl)cc1NC(=O)CCN1C(=O)CCC1=O. The predicted octanol–water partition coefficient (Wildman–Crippen LogP) is 2.13. The van der Waals surface area contributed by atoms with Gasteiger partial charge in [-0.2, -0.15) is 0 Å². The van der Waals surface area contributed by atoms with E-state index in [1.165, 1.54) is 0 Å². The van der Waals surface area contributed by atoms with Crippen molar-refractivity contribution in [1.29, 1.82) is 0 Å². The third-order valence-corrected chi connectivity index (χ3v) is 3.43. The molecule has 0 atom stereocenters. The van der Waals surface area contributed by atoms with Crippen LogP contribution in [0.25, 0.3) is 0 Å². The molecular formula is C14H15ClN2O3. The van der Waals surface area contributed by atoms with Crippen molar-refractivity contribution in [2.75, 3.05) is 11.9 Å². The van der Waals surface area contributed by atoms with Gasteiger partial charge in [0.1, 0.15) is 0 Å². The van der Waals surface area contributed by atoms with Crippen LogP contribution in [0.1, 0.15) is 24.8 Å². The fourth-order valence-corrected chi connectivity index (χ4v) is 2.20. The molecule has 1 aromatic rings. The highest BCUT2D eigenvalue weighted by atomic mass is 35.5. The standard InChI is InChI=1S/C14H15ClN2O3/c1-9-2-3-10(15)8-11(9)16-12(18)6-7-17-13(19)4-5-14(17)20/h2-3,8H,4-7H2,1H3,(H,16,18). The van der Waals surface area contributed by atoms with E-state index in [1.54, 1.807) is 12.1 Å². The van der Waals surface area contributed by atoms with E-state index in [0.717, 1.165) is 10.5 Å². The summed E-state index contributed by atoms with van der Waals surface area (Å²) in [7, 11) is 0. The van der Waals surface area contributed by atoms with Crippen molar-refractivity contribution in [3.05, 3.63) is 28.8 Å². The summed E-state index contributed by atoms with van der Waals surface area (Å²) in [5.74, 6) is -0.661. The first-order chi connectivity index (χ1) is 9.47. The van der Waals surface area contributed by atoms with Crippen LogP contribution in [0.4, 0.5) is 5.69 Å². The predicted molar refractivity (Wildman–Crippen MR) is 75.4 cm³/mol. The monoisotopic (exact) mass is 294 g/mol. The molecule has 1 aliphatic heterocycles. The number of nitrogens with zero attached hydrogens (tertiary/aromatic N) is 1. The Morgan fingerprint density at radius 3 is 2.60 bits per heavy atom. The Balaban J connectivity index is 1.91. The minimum absolute atomic E-state index is 0.0867. The second-order valence-corrected chi connectivity index (χ2v) is 5.13. The van der Waals surface area contributed by atoms with Gasteiger partial charge in [-0.1, -0.05) is 17.7 Å². The minimum Gasteiger partial charge on any atom is -0.326 e. The molecule has 0 radical (unpaired) electrons. The van der Waals surface area contributed by atoms with Gasteiger partial charge in [-0.3, -0.25) is 19.3 Å². The van der Waals surface area contributed by atoms with Gasteiger partial charge in [-0.05, 0) is 24.6 Å². The van der Waals surface area contributed by atoms with Gasteiger partial charge in [0.15, 0.2) is 0 Å². The molecule has 1 N–H and O–H groups in total. The Hall–Kier alpha value is -1.88. The molecule has 0 bridgehead atoms. The number of hydrogen-bond donors (Lipinski definition) is 1. The smallest absolute Gasteiger partial charge is 0.229 e. The highest BCUT2D eigenvalue weighted by molar-refractivity contribution is 6.31. The van der Waals surface area contributed by atoms with Crippen LogP contribution in [-0.4, -0.2) is 29.2 Å². The maximum absolute atomic E-state index is 11.8. The van der Waals surface area contributed by atoms with Gasteiger partial charge in [0, 0.05) is 36.5 Å². The number of aryl methyl sites for hydroxylation is 1. The van der Waals surface area contributed by atoms with Gasteiger partial charge >= 0.3 is 0 Å². The lowest BCUT2D eigenvalue weighted by Crippen LogP contribution is -2.32. The van der Waals surface area contributed by atoms with E-state index in [2.05, 4.69) is 5.32 Å². The van der Waals surface area contributed by atoms with E-state index in [-0.39, 0.29) is 43.5 Å². The second-order valence-electron chi connectivity index (χ2n) is 4.70. The molecule has 1 aromatic carbocycles. The number of nitrogens with one attached hydrogen (secondary N) is 1. The summed E-state index contributed by atoms with van der Waals surface area (Å²) >= 11 is 5.87. The van der Waals surface area contributed by atoms with Crippen LogP contribution in [0, 0.1) is 6.92 Å². The lowest BCUT2D eigenvalue weighted by atomic mass is 10.2. The molecule has 1 aliphatic rings. The zero-order chi connectivity index (χ0) is 14.7. The summed E-state index contributed by atoms with van der Waals surface area (Å²) < 4.78 is 0. The van der Waals surface area contributed by atoms with Crippen molar-refractivity contribution < 1.29 is 14.4 Å². The van der Waals surface area contributed by atoms with Crippen LogP contribution >= 0.6 is 11.6 Å². The molecule has 6 heteroatoms. The number of carbonyl (C=O) groups excluding carboxylic acids is 3. The lowest BCUT2D eigenvalue weighted by Gasteiger charge is -2.14. The Morgan fingerprint density at radius 2 is 1.95 bits per heavy atom. The van der Waals surface area contributed by atoms with Crippen LogP contribution in [0.5, 0.6) is 0 Å². The first kappa shape index (κ1) is 14.5. The molecule has 1 heterocycles. The summed E-state index contributed by atoms with van der Waals surface area (Å²) in [5.41, 5.74) is 1.54. The summed E-state index contributed by atoms with van der Waals surface area (Å²) in [5, 5.41) is 3.27. The van der Waals surface area contributed by atoms with E-state index in [4.69, 9.17) is 11.6 Å². The molecule has 1 saturated heterocycles. The van der Waals surface area contributed by atoms with Crippen LogP contribution in [-0.2, 0) is 14.4 Å². The summed E-state index contributed by atoms with van der Waals surface area (Å²) in [6, 6.07) is 5.22. The van der Waals surface area contributed by atoms with Gasteiger partial charge in [0.2, 0.25) is 17.7 Å². The third-order valence-electron chi connectivity index (χ3n) is 3.19. The Labute approximate surface area is 121 Å². The van der Waals surface area contributed by atoms with Gasteiger partial charge in [0.05, 0.1) is 0 Å². The number of hydrogen-bond acceptors (Lipinski definition) is 3. The van der Waals surface area contributed by atoms with Crippen molar-refractivity contribution in [2.24, 2.45) is 0 Å². The molecule has 0 spiro atoms. The second kappa shape index (κ2) is 6.05. The van der Waals surface area contributed by atoms with Gasteiger partial charge in [0.25, 0.3) is 0 Å². The maximum Gasteiger partial charge on any atom is 0.229 e. The molecule has 20 heavy (non-hydrogen) atoms. The van der Waals surface area contributed by atoms with E-state index in [0.29, 0.717) is 10.7 Å². The highest BCUT2D eigenvalue weighted by Gasteiger charge is 2.28. The summed E-state index contributed by atoms with van der Waals surface area (Å²) in [4.78, 5) is 35.8. The molecule has 0 saturated carbocycles. The minimum atomic E-state index is -0.247. The van der Waals surface area contributed by atoms with E-state index < -0.39 is 0 Å². The summed E-state index contributed by atoms with van der Waals surface area (Å²) in [6.45, 7) is 1.99. The Kier molecular flexibility index (Phi) is 4.39. The zero-order valence-electron chi connectivity index (χ0n) is 11.1. The van der Waals surface area contributed by atoms with Crippen LogP contribution in [0.2, 0.25) is 5.02 Å². The number of amides is 3. The van der Waals surface area contributed by atoms with E-state index in [1.807, 2.05) is 13.0 Å². The average Bonchev–Trinajstić information content (AvgIpc) is 2.71. The Bertz CT molecular complexity index is 556. The molecule has 5 nitrogen and oxygen atoms in total. The quantitative estimate of drug-likeness (QED) is 0.865. The normalized spacial score (nSPS) is 14.8. The van der Waals surface area contributed by atoms with Crippen molar-refractivity contribution >= 4 is 35.0 Å². The number of halogens is 1. The van der Waals surface area contributed by atoms with Crippen LogP contribution < -0.4 is 5.32 Å². The first-order valence-electron chi connectivity index (χ1n) is 6.36.